The Morgan fingerprint density at radius 2 is 2.28 bits per heavy atom. The van der Waals surface area contributed by atoms with Crippen LogP contribution in [0.4, 0.5) is 11.6 Å². The molecule has 0 saturated carbocycles. The zero-order valence-electron chi connectivity index (χ0n) is 10.5. The first-order valence-corrected chi connectivity index (χ1v) is 5.54. The first kappa shape index (κ1) is 13.9. The second kappa shape index (κ2) is 6.53. The number of unbranched alkanes of at least 4 members (excludes halogenated alkanes) is 1. The van der Waals surface area contributed by atoms with Crippen LogP contribution in [0.3, 0.4) is 0 Å². The van der Waals surface area contributed by atoms with Gasteiger partial charge in [0.2, 0.25) is 5.95 Å². The van der Waals surface area contributed by atoms with Crippen LogP contribution >= 0.6 is 0 Å². The number of nitrogens with one attached hydrogen (secondary N) is 1. The number of anilines is 1. The summed E-state index contributed by atoms with van der Waals surface area (Å²) in [5.41, 5.74) is 0.0886. The molecule has 0 aliphatic carbocycles. The highest BCUT2D eigenvalue weighted by Crippen LogP contribution is 2.28. The third-order valence-corrected chi connectivity index (χ3v) is 2.22. The van der Waals surface area contributed by atoms with Crippen molar-refractivity contribution in [1.29, 1.82) is 0 Å². The molecule has 0 aliphatic rings. The van der Waals surface area contributed by atoms with Crippen LogP contribution in [0.1, 0.15) is 18.5 Å². The van der Waals surface area contributed by atoms with Crippen molar-refractivity contribution in [2.75, 3.05) is 19.0 Å². The van der Waals surface area contributed by atoms with E-state index in [0.717, 1.165) is 12.8 Å². The quantitative estimate of drug-likeness (QED) is 0.346. The van der Waals surface area contributed by atoms with Gasteiger partial charge < -0.3 is 10.1 Å². The fourth-order valence-electron chi connectivity index (χ4n) is 1.36. The Hall–Kier alpha value is -2.18. The first-order chi connectivity index (χ1) is 8.60. The minimum Gasteiger partial charge on any atom is -0.473 e. The molecule has 98 valence electrons. The highest BCUT2D eigenvalue weighted by molar-refractivity contribution is 5.48. The average molecular weight is 252 g/mol. The van der Waals surface area contributed by atoms with Crippen LogP contribution in [0, 0.1) is 17.0 Å². The molecule has 18 heavy (non-hydrogen) atoms. The Morgan fingerprint density at radius 1 is 1.56 bits per heavy atom. The molecule has 0 fully saturated rings. The number of nitro groups is 1. The molecular weight excluding hydrogens is 236 g/mol. The molecule has 0 aliphatic heterocycles. The minimum atomic E-state index is -0.530. The molecule has 1 heterocycles. The van der Waals surface area contributed by atoms with Gasteiger partial charge in [0, 0.05) is 7.05 Å². The van der Waals surface area contributed by atoms with E-state index in [1.165, 1.54) is 0 Å². The monoisotopic (exact) mass is 252 g/mol. The number of ether oxygens (including phenoxy) is 1. The van der Waals surface area contributed by atoms with Gasteiger partial charge in [-0.2, -0.15) is 4.98 Å². The third-order valence-electron chi connectivity index (χ3n) is 2.22. The smallest absolute Gasteiger partial charge is 0.352 e. The van der Waals surface area contributed by atoms with Gasteiger partial charge in [0.05, 0.1) is 11.5 Å². The van der Waals surface area contributed by atoms with Crippen molar-refractivity contribution in [3.8, 4) is 5.88 Å². The standard InChI is InChI=1S/C11H16N4O3/c1-4-5-6-7-18-10-9(15(16)17)8(2)13-11(12-3)14-10/h4H,1,5-7H2,2-3H3,(H,12,13,14). The van der Waals surface area contributed by atoms with Crippen molar-refractivity contribution in [2.45, 2.75) is 19.8 Å². The Labute approximate surface area is 105 Å². The van der Waals surface area contributed by atoms with Crippen LogP contribution in [0.5, 0.6) is 5.88 Å². The molecule has 0 unspecified atom stereocenters. The van der Waals surface area contributed by atoms with E-state index in [-0.39, 0.29) is 17.3 Å². The van der Waals surface area contributed by atoms with E-state index in [0.29, 0.717) is 12.6 Å². The van der Waals surface area contributed by atoms with Gasteiger partial charge in [-0.15, -0.1) is 6.58 Å². The minimum absolute atomic E-state index is 0.000845. The number of aromatic nitrogens is 2. The maximum absolute atomic E-state index is 10.9. The molecule has 0 aromatic carbocycles. The van der Waals surface area contributed by atoms with Gasteiger partial charge in [-0.1, -0.05) is 6.08 Å². The van der Waals surface area contributed by atoms with Crippen molar-refractivity contribution in [3.05, 3.63) is 28.5 Å². The van der Waals surface area contributed by atoms with Gasteiger partial charge in [0.15, 0.2) is 0 Å². The summed E-state index contributed by atoms with van der Waals surface area (Å²) in [7, 11) is 1.64. The van der Waals surface area contributed by atoms with E-state index in [9.17, 15) is 10.1 Å². The fraction of sp³-hybridized carbons (Fsp3) is 0.455. The topological polar surface area (TPSA) is 90.2 Å². The second-order valence-corrected chi connectivity index (χ2v) is 3.57. The molecule has 1 aromatic rings. The molecule has 1 N–H and O–H groups in total. The van der Waals surface area contributed by atoms with Gasteiger partial charge in [-0.25, -0.2) is 4.98 Å². The molecule has 7 nitrogen and oxygen atoms in total. The maximum Gasteiger partial charge on any atom is 0.352 e. The Balaban J connectivity index is 2.94. The molecule has 0 atom stereocenters. The predicted octanol–water partition coefficient (Wildman–Crippen LogP) is 2.08. The van der Waals surface area contributed by atoms with Crippen molar-refractivity contribution in [3.63, 3.8) is 0 Å². The van der Waals surface area contributed by atoms with Crippen molar-refractivity contribution < 1.29 is 9.66 Å². The van der Waals surface area contributed by atoms with Gasteiger partial charge in [-0.3, -0.25) is 10.1 Å². The molecule has 1 rings (SSSR count). The lowest BCUT2D eigenvalue weighted by atomic mass is 10.3. The maximum atomic E-state index is 10.9. The summed E-state index contributed by atoms with van der Waals surface area (Å²) in [6.07, 6.45) is 3.29. The van der Waals surface area contributed by atoms with Crippen LogP contribution in [0.25, 0.3) is 0 Å². The van der Waals surface area contributed by atoms with E-state index in [1.54, 1.807) is 20.0 Å². The van der Waals surface area contributed by atoms with Crippen molar-refractivity contribution >= 4 is 11.6 Å². The van der Waals surface area contributed by atoms with E-state index in [4.69, 9.17) is 4.74 Å². The van der Waals surface area contributed by atoms with E-state index < -0.39 is 4.92 Å². The predicted molar refractivity (Wildman–Crippen MR) is 67.9 cm³/mol. The molecule has 7 heteroatoms. The largest absolute Gasteiger partial charge is 0.473 e. The van der Waals surface area contributed by atoms with Crippen molar-refractivity contribution in [2.24, 2.45) is 0 Å². The first-order valence-electron chi connectivity index (χ1n) is 5.54. The second-order valence-electron chi connectivity index (χ2n) is 3.57. The summed E-state index contributed by atoms with van der Waals surface area (Å²) in [6.45, 7) is 5.50. The van der Waals surface area contributed by atoms with Crippen LogP contribution in [-0.4, -0.2) is 28.5 Å². The number of nitrogens with zero attached hydrogens (tertiary/aromatic N) is 3. The summed E-state index contributed by atoms with van der Waals surface area (Å²) in [5, 5.41) is 13.7. The number of hydrogen-bond donors (Lipinski definition) is 1. The molecule has 0 spiro atoms. The van der Waals surface area contributed by atoms with Gasteiger partial charge in [0.25, 0.3) is 5.88 Å². The Morgan fingerprint density at radius 3 is 2.83 bits per heavy atom. The van der Waals surface area contributed by atoms with Crippen LogP contribution in [0.15, 0.2) is 12.7 Å². The van der Waals surface area contributed by atoms with E-state index >= 15 is 0 Å². The molecule has 0 saturated heterocycles. The van der Waals surface area contributed by atoms with Gasteiger partial charge in [-0.05, 0) is 19.8 Å². The number of rotatable bonds is 7. The molecule has 0 amide bonds. The number of aryl methyl sites for hydroxylation is 1. The molecule has 0 bridgehead atoms. The summed E-state index contributed by atoms with van der Waals surface area (Å²) in [5.74, 6) is 0.303. The molecule has 1 aromatic heterocycles. The zero-order chi connectivity index (χ0) is 13.5. The SMILES string of the molecule is C=CCCCOc1nc(NC)nc(C)c1[N+](=O)[O-]. The summed E-state index contributed by atoms with van der Waals surface area (Å²) >= 11 is 0. The highest BCUT2D eigenvalue weighted by atomic mass is 16.6. The molecule has 0 radical (unpaired) electrons. The van der Waals surface area contributed by atoms with Crippen molar-refractivity contribution in [1.82, 2.24) is 9.97 Å². The normalized spacial score (nSPS) is 9.89. The van der Waals surface area contributed by atoms with E-state index in [1.807, 2.05) is 0 Å². The number of hydrogen-bond acceptors (Lipinski definition) is 6. The zero-order valence-corrected chi connectivity index (χ0v) is 10.5. The highest BCUT2D eigenvalue weighted by Gasteiger charge is 2.23. The molecular formula is C11H16N4O3. The average Bonchev–Trinajstić information content (AvgIpc) is 2.33. The number of allylic oxidation sites excluding steroid dienone is 1. The van der Waals surface area contributed by atoms with Gasteiger partial charge >= 0.3 is 5.69 Å². The fourth-order valence-corrected chi connectivity index (χ4v) is 1.36. The lowest BCUT2D eigenvalue weighted by Gasteiger charge is -2.08. The van der Waals surface area contributed by atoms with Crippen LogP contribution < -0.4 is 10.1 Å². The third kappa shape index (κ3) is 3.41. The Kier molecular flexibility index (Phi) is 5.04. The van der Waals surface area contributed by atoms with Crippen LogP contribution in [-0.2, 0) is 0 Å². The summed E-state index contributed by atoms with van der Waals surface area (Å²) in [6, 6.07) is 0. The van der Waals surface area contributed by atoms with E-state index in [2.05, 4.69) is 21.9 Å². The lowest BCUT2D eigenvalue weighted by molar-refractivity contribution is -0.387. The summed E-state index contributed by atoms with van der Waals surface area (Å²) < 4.78 is 5.34. The van der Waals surface area contributed by atoms with Crippen LogP contribution in [0.2, 0.25) is 0 Å². The lowest BCUT2D eigenvalue weighted by Crippen LogP contribution is -2.08. The summed E-state index contributed by atoms with van der Waals surface area (Å²) in [4.78, 5) is 18.3. The Bertz CT molecular complexity index is 448. The van der Waals surface area contributed by atoms with Gasteiger partial charge in [0.1, 0.15) is 5.69 Å².